The van der Waals surface area contributed by atoms with Crippen molar-refractivity contribution in [1.82, 2.24) is 9.62 Å². The van der Waals surface area contributed by atoms with E-state index in [9.17, 15) is 18.0 Å². The Kier molecular flexibility index (Phi) is 5.98. The fourth-order valence-electron chi connectivity index (χ4n) is 3.27. The lowest BCUT2D eigenvalue weighted by Crippen LogP contribution is -2.40. The molecule has 30 heavy (non-hydrogen) atoms. The molecule has 2 aromatic rings. The Morgan fingerprint density at radius 3 is 2.47 bits per heavy atom. The van der Waals surface area contributed by atoms with Crippen LogP contribution in [-0.2, 0) is 26.2 Å². The highest BCUT2D eigenvalue weighted by Crippen LogP contribution is 2.35. The zero-order chi connectivity index (χ0) is 22.1. The first-order chi connectivity index (χ1) is 14.1. The molecule has 0 saturated carbocycles. The lowest BCUT2D eigenvalue weighted by atomic mass is 10.0. The summed E-state index contributed by atoms with van der Waals surface area (Å²) in [4.78, 5) is 25.0. The number of amides is 2. The third-order valence-corrected chi connectivity index (χ3v) is 7.05. The molecular weight excluding hydrogens is 404 g/mol. The minimum atomic E-state index is -4.12. The van der Waals surface area contributed by atoms with Gasteiger partial charge in [0.15, 0.2) is 0 Å². The first-order valence-electron chi connectivity index (χ1n) is 9.40. The summed E-state index contributed by atoms with van der Waals surface area (Å²) in [5, 5.41) is 2.65. The van der Waals surface area contributed by atoms with Crippen LogP contribution in [-0.4, -0.2) is 38.2 Å². The van der Waals surface area contributed by atoms with Gasteiger partial charge in [-0.3, -0.25) is 9.59 Å². The summed E-state index contributed by atoms with van der Waals surface area (Å²) in [5.74, 6) is -0.597. The van der Waals surface area contributed by atoms with Gasteiger partial charge in [0, 0.05) is 12.1 Å². The normalized spacial score (nSPS) is 15.5. The highest BCUT2D eigenvalue weighted by atomic mass is 32.2. The molecule has 0 bridgehead atoms. The van der Waals surface area contributed by atoms with E-state index in [0.717, 1.165) is 16.7 Å². The van der Waals surface area contributed by atoms with E-state index in [4.69, 9.17) is 4.74 Å². The Bertz CT molecular complexity index is 1150. The van der Waals surface area contributed by atoms with Crippen LogP contribution in [0.2, 0.25) is 0 Å². The van der Waals surface area contributed by atoms with Gasteiger partial charge in [-0.15, -0.1) is 0 Å². The van der Waals surface area contributed by atoms with Gasteiger partial charge in [-0.05, 0) is 55.2 Å². The van der Waals surface area contributed by atoms with Crippen LogP contribution < -0.4 is 10.1 Å². The van der Waals surface area contributed by atoms with E-state index in [2.05, 4.69) is 5.32 Å². The predicted molar refractivity (Wildman–Crippen MR) is 114 cm³/mol. The molecule has 0 saturated heterocycles. The molecule has 0 radical (unpaired) electrons. The van der Waals surface area contributed by atoms with Gasteiger partial charge in [0.05, 0.1) is 7.11 Å². The lowest BCUT2D eigenvalue weighted by molar-refractivity contribution is -0.128. The molecule has 0 fully saturated rings. The number of hydrogen-bond acceptors (Lipinski definition) is 5. The van der Waals surface area contributed by atoms with Crippen LogP contribution in [0.25, 0.3) is 4.91 Å². The second kappa shape index (κ2) is 8.31. The molecule has 0 aromatic heterocycles. The first kappa shape index (κ1) is 21.6. The van der Waals surface area contributed by atoms with E-state index in [1.807, 2.05) is 26.0 Å². The summed E-state index contributed by atoms with van der Waals surface area (Å²) in [7, 11) is -2.57. The van der Waals surface area contributed by atoms with E-state index in [-0.39, 0.29) is 17.0 Å². The second-order valence-corrected chi connectivity index (χ2v) is 9.00. The molecule has 0 atom stereocenters. The zero-order valence-corrected chi connectivity index (χ0v) is 18.2. The number of methoxy groups -OCH3 is 1. The highest BCUT2D eigenvalue weighted by Gasteiger charge is 2.43. The zero-order valence-electron chi connectivity index (χ0n) is 17.4. The van der Waals surface area contributed by atoms with Gasteiger partial charge < -0.3 is 10.1 Å². The molecule has 1 N–H and O–H groups in total. The molecule has 158 valence electrons. The highest BCUT2D eigenvalue weighted by molar-refractivity contribution is 7.99. The van der Waals surface area contributed by atoms with Crippen molar-refractivity contribution >= 4 is 26.7 Å². The van der Waals surface area contributed by atoms with Gasteiger partial charge in [0.25, 0.3) is 15.9 Å². The maximum Gasteiger partial charge on any atom is 0.268 e. The maximum absolute atomic E-state index is 13.1. The molecule has 8 heteroatoms. The average Bonchev–Trinajstić information content (AvgIpc) is 2.88. The topological polar surface area (TPSA) is 92.8 Å². The molecule has 2 amide bonds. The minimum absolute atomic E-state index is 0.0452. The van der Waals surface area contributed by atoms with Crippen LogP contribution in [0.3, 0.4) is 0 Å². The number of carbonyl (C=O) groups excluding carboxylic acids is 2. The fraction of sp³-hybridized carbons (Fsp3) is 0.273. The van der Waals surface area contributed by atoms with Gasteiger partial charge in [0.2, 0.25) is 5.91 Å². The van der Waals surface area contributed by atoms with Crippen LogP contribution >= 0.6 is 0 Å². The Balaban J connectivity index is 1.76. The molecule has 0 spiro atoms. The van der Waals surface area contributed by atoms with E-state index in [1.165, 1.54) is 6.92 Å². The number of carbonyl (C=O) groups is 2. The summed E-state index contributed by atoms with van der Waals surface area (Å²) in [6.45, 7) is 4.89. The van der Waals surface area contributed by atoms with Crippen molar-refractivity contribution in [2.75, 3.05) is 13.7 Å². The third-order valence-electron chi connectivity index (χ3n) is 5.12. The van der Waals surface area contributed by atoms with Crippen LogP contribution in [0.1, 0.15) is 29.2 Å². The number of ether oxygens (including phenoxy) is 1. The maximum atomic E-state index is 13.1. The molecule has 0 unspecified atom stereocenters. The Labute approximate surface area is 176 Å². The number of sulfonamides is 1. The largest absolute Gasteiger partial charge is 0.497 e. The molecule has 2 aromatic carbocycles. The summed E-state index contributed by atoms with van der Waals surface area (Å²) in [6.07, 6.45) is 0. The van der Waals surface area contributed by atoms with Crippen LogP contribution in [0, 0.1) is 13.8 Å². The predicted octanol–water partition coefficient (Wildman–Crippen LogP) is 2.53. The minimum Gasteiger partial charge on any atom is -0.497 e. The van der Waals surface area contributed by atoms with Gasteiger partial charge in [-0.2, -0.15) is 0 Å². The van der Waals surface area contributed by atoms with Gasteiger partial charge >= 0.3 is 0 Å². The molecule has 7 nitrogen and oxygen atoms in total. The number of nitrogens with one attached hydrogen (secondary N) is 1. The molecule has 1 heterocycles. The van der Waals surface area contributed by atoms with Crippen molar-refractivity contribution in [2.24, 2.45) is 0 Å². The third kappa shape index (κ3) is 4.09. The number of aryl methyl sites for hydroxylation is 2. The van der Waals surface area contributed by atoms with Crippen molar-refractivity contribution in [3.63, 3.8) is 0 Å². The number of benzene rings is 2. The average molecular weight is 429 g/mol. The standard InChI is InChI=1S/C22H24N2O5S/c1-14-8-9-18(10-15(14)2)21-16(3)22(26)24(30(21,27)28)13-20(25)23-12-17-6-5-7-19(11-17)29-4/h5-11H,12-13H2,1-4H3,(H,23,25). The van der Waals surface area contributed by atoms with Crippen LogP contribution in [0.5, 0.6) is 5.75 Å². The lowest BCUT2D eigenvalue weighted by Gasteiger charge is -2.17. The monoisotopic (exact) mass is 428 g/mol. The molecule has 0 aliphatic carbocycles. The summed E-state index contributed by atoms with van der Waals surface area (Å²) < 4.78 is 31.9. The van der Waals surface area contributed by atoms with Crippen LogP contribution in [0.15, 0.2) is 48.0 Å². The van der Waals surface area contributed by atoms with E-state index < -0.39 is 28.4 Å². The van der Waals surface area contributed by atoms with Gasteiger partial charge in [0.1, 0.15) is 17.2 Å². The SMILES string of the molecule is COc1cccc(CNC(=O)CN2C(=O)C(C)=C(c3ccc(C)c(C)c3)S2(=O)=O)c1. The molecule has 3 rings (SSSR count). The van der Waals surface area contributed by atoms with Gasteiger partial charge in [-0.25, -0.2) is 12.7 Å². The Hall–Kier alpha value is -3.13. The number of nitrogens with zero attached hydrogens (tertiary/aromatic N) is 1. The van der Waals surface area contributed by atoms with Crippen LogP contribution in [0.4, 0.5) is 0 Å². The smallest absolute Gasteiger partial charge is 0.268 e. The van der Waals surface area contributed by atoms with Crippen molar-refractivity contribution < 1.29 is 22.7 Å². The molecule has 1 aliphatic rings. The summed E-state index contributed by atoms with van der Waals surface area (Å²) in [5.41, 5.74) is 3.29. The Morgan fingerprint density at radius 2 is 1.80 bits per heavy atom. The van der Waals surface area contributed by atoms with Crippen molar-refractivity contribution in [1.29, 1.82) is 0 Å². The van der Waals surface area contributed by atoms with Gasteiger partial charge in [-0.1, -0.05) is 30.3 Å². The summed E-state index contributed by atoms with van der Waals surface area (Å²) >= 11 is 0. The van der Waals surface area contributed by atoms with Crippen molar-refractivity contribution in [2.45, 2.75) is 27.3 Å². The number of hydrogen-bond donors (Lipinski definition) is 1. The quantitative estimate of drug-likeness (QED) is 0.763. The molecule has 1 aliphatic heterocycles. The van der Waals surface area contributed by atoms with E-state index >= 15 is 0 Å². The number of rotatable bonds is 6. The second-order valence-electron chi connectivity index (χ2n) is 7.20. The molecular formula is C22H24N2O5S. The summed E-state index contributed by atoms with van der Waals surface area (Å²) in [6, 6.07) is 12.4. The van der Waals surface area contributed by atoms with Crippen molar-refractivity contribution in [3.8, 4) is 5.75 Å². The van der Waals surface area contributed by atoms with E-state index in [1.54, 1.807) is 37.4 Å². The Morgan fingerprint density at radius 1 is 1.07 bits per heavy atom. The van der Waals surface area contributed by atoms with Crippen molar-refractivity contribution in [3.05, 3.63) is 70.3 Å². The fourth-order valence-corrected chi connectivity index (χ4v) is 5.03. The first-order valence-corrected chi connectivity index (χ1v) is 10.8. The van der Waals surface area contributed by atoms with E-state index in [0.29, 0.717) is 15.6 Å².